The Bertz CT molecular complexity index is 909. The van der Waals surface area contributed by atoms with Gasteiger partial charge in [-0.25, -0.2) is 4.79 Å². The Morgan fingerprint density at radius 1 is 1.11 bits per heavy atom. The second-order valence-electron chi connectivity index (χ2n) is 7.34. The Morgan fingerprint density at radius 2 is 1.82 bits per heavy atom. The van der Waals surface area contributed by atoms with E-state index in [1.165, 1.54) is 0 Å². The summed E-state index contributed by atoms with van der Waals surface area (Å²) in [5, 5.41) is 1.65. The molecule has 0 spiro atoms. The quantitative estimate of drug-likeness (QED) is 0.774. The number of thioether (sulfide) groups is 1. The third-order valence-corrected chi connectivity index (χ3v) is 5.39. The molecule has 1 heterocycles. The van der Waals surface area contributed by atoms with Crippen molar-refractivity contribution >= 4 is 29.0 Å². The first-order valence-corrected chi connectivity index (χ1v) is 9.78. The second kappa shape index (κ2) is 8.06. The summed E-state index contributed by atoms with van der Waals surface area (Å²) in [6, 6.07) is 16.0. The molecule has 146 valence electrons. The standard InChI is InChI=1S/C21H22N2O4S/c1-21(2,27-19(22)25)12-14-4-3-5-16(10-14)15-8-6-13(7-9-15)11-17-18(24)23-20(26)28-17/h3-10,17H,11-12H2,1-2H3,(H2,22,25)(H,23,24,26). The van der Waals surface area contributed by atoms with Gasteiger partial charge in [0.1, 0.15) is 5.60 Å². The number of nitrogens with two attached hydrogens (primary N) is 1. The van der Waals surface area contributed by atoms with Crippen molar-refractivity contribution < 1.29 is 19.1 Å². The third-order valence-electron chi connectivity index (χ3n) is 4.41. The van der Waals surface area contributed by atoms with Crippen molar-refractivity contribution in [3.05, 3.63) is 59.7 Å². The smallest absolute Gasteiger partial charge is 0.405 e. The topological polar surface area (TPSA) is 98.5 Å². The molecule has 1 atom stereocenters. The third kappa shape index (κ3) is 5.13. The van der Waals surface area contributed by atoms with E-state index in [0.29, 0.717) is 12.8 Å². The number of carbonyl (C=O) groups is 3. The van der Waals surface area contributed by atoms with Crippen LogP contribution in [-0.4, -0.2) is 28.1 Å². The number of carbonyl (C=O) groups excluding carboxylic acids is 3. The summed E-state index contributed by atoms with van der Waals surface area (Å²) in [5.41, 5.74) is 8.56. The molecular weight excluding hydrogens is 376 g/mol. The minimum absolute atomic E-state index is 0.229. The highest BCUT2D eigenvalue weighted by Crippen LogP contribution is 2.26. The van der Waals surface area contributed by atoms with Crippen LogP contribution in [0.5, 0.6) is 0 Å². The van der Waals surface area contributed by atoms with Gasteiger partial charge in [0, 0.05) is 6.42 Å². The minimum atomic E-state index is -0.785. The zero-order valence-corrected chi connectivity index (χ0v) is 16.5. The molecular formula is C21H22N2O4S. The lowest BCUT2D eigenvalue weighted by Crippen LogP contribution is -2.33. The maximum atomic E-state index is 11.7. The molecule has 1 aliphatic rings. The number of nitrogens with one attached hydrogen (secondary N) is 1. The number of imide groups is 1. The first kappa shape index (κ1) is 19.9. The molecule has 0 radical (unpaired) electrons. The lowest BCUT2D eigenvalue weighted by atomic mass is 9.94. The van der Waals surface area contributed by atoms with Gasteiger partial charge in [-0.2, -0.15) is 0 Å². The number of ether oxygens (including phenoxy) is 1. The van der Waals surface area contributed by atoms with Gasteiger partial charge in [0.25, 0.3) is 5.24 Å². The summed E-state index contributed by atoms with van der Waals surface area (Å²) >= 11 is 1.04. The Kier molecular flexibility index (Phi) is 5.74. The molecule has 2 aromatic rings. The first-order chi connectivity index (χ1) is 13.2. The zero-order valence-electron chi connectivity index (χ0n) is 15.7. The van der Waals surface area contributed by atoms with E-state index in [1.54, 1.807) is 0 Å². The molecule has 6 nitrogen and oxygen atoms in total. The highest BCUT2D eigenvalue weighted by molar-refractivity contribution is 8.15. The van der Waals surface area contributed by atoms with Crippen molar-refractivity contribution in [1.82, 2.24) is 5.32 Å². The summed E-state index contributed by atoms with van der Waals surface area (Å²) < 4.78 is 5.16. The predicted octanol–water partition coefficient (Wildman–Crippen LogP) is 3.66. The van der Waals surface area contributed by atoms with Crippen LogP contribution >= 0.6 is 11.8 Å². The summed E-state index contributed by atoms with van der Waals surface area (Å²) in [5.74, 6) is -0.229. The Balaban J connectivity index is 1.71. The zero-order chi connectivity index (χ0) is 20.3. The van der Waals surface area contributed by atoms with Crippen LogP contribution in [0.3, 0.4) is 0 Å². The van der Waals surface area contributed by atoms with Gasteiger partial charge in [0.15, 0.2) is 0 Å². The number of amides is 3. The van der Waals surface area contributed by atoms with E-state index in [2.05, 4.69) is 11.4 Å². The molecule has 28 heavy (non-hydrogen) atoms. The number of rotatable bonds is 6. The van der Waals surface area contributed by atoms with Gasteiger partial charge in [0.05, 0.1) is 5.25 Å². The molecule has 3 rings (SSSR count). The normalized spacial score (nSPS) is 16.7. The molecule has 1 fully saturated rings. The van der Waals surface area contributed by atoms with Crippen LogP contribution in [0.4, 0.5) is 9.59 Å². The van der Waals surface area contributed by atoms with Gasteiger partial charge in [-0.15, -0.1) is 0 Å². The maximum Gasteiger partial charge on any atom is 0.405 e. The first-order valence-electron chi connectivity index (χ1n) is 8.90. The van der Waals surface area contributed by atoms with E-state index in [1.807, 2.05) is 56.3 Å². The van der Waals surface area contributed by atoms with E-state index in [4.69, 9.17) is 10.5 Å². The number of hydrogen-bond donors (Lipinski definition) is 2. The summed E-state index contributed by atoms with van der Waals surface area (Å²) in [6.07, 6.45) is 0.276. The van der Waals surface area contributed by atoms with Crippen molar-refractivity contribution in [3.8, 4) is 11.1 Å². The van der Waals surface area contributed by atoms with Crippen molar-refractivity contribution in [3.63, 3.8) is 0 Å². The lowest BCUT2D eigenvalue weighted by molar-refractivity contribution is -0.118. The molecule has 0 bridgehead atoms. The van der Waals surface area contributed by atoms with Gasteiger partial charge in [-0.3, -0.25) is 14.9 Å². The van der Waals surface area contributed by atoms with Gasteiger partial charge in [-0.1, -0.05) is 60.3 Å². The fourth-order valence-corrected chi connectivity index (χ4v) is 4.10. The maximum absolute atomic E-state index is 11.7. The van der Waals surface area contributed by atoms with E-state index in [0.717, 1.165) is 34.0 Å². The lowest BCUT2D eigenvalue weighted by Gasteiger charge is -2.24. The van der Waals surface area contributed by atoms with Crippen molar-refractivity contribution in [2.24, 2.45) is 5.73 Å². The van der Waals surface area contributed by atoms with E-state index >= 15 is 0 Å². The molecule has 0 aromatic heterocycles. The summed E-state index contributed by atoms with van der Waals surface area (Å²) in [7, 11) is 0. The van der Waals surface area contributed by atoms with Crippen LogP contribution in [0.15, 0.2) is 48.5 Å². The fraction of sp³-hybridized carbons (Fsp3) is 0.286. The highest BCUT2D eigenvalue weighted by Gasteiger charge is 2.31. The average molecular weight is 398 g/mol. The minimum Gasteiger partial charge on any atom is -0.443 e. The number of primary amides is 1. The molecule has 3 amide bonds. The van der Waals surface area contributed by atoms with Crippen LogP contribution in [0.2, 0.25) is 0 Å². The molecule has 1 unspecified atom stereocenters. The fourth-order valence-electron chi connectivity index (χ4n) is 3.24. The van der Waals surface area contributed by atoms with Gasteiger partial charge >= 0.3 is 6.09 Å². The molecule has 0 aliphatic carbocycles. The van der Waals surface area contributed by atoms with Crippen LogP contribution in [-0.2, 0) is 22.4 Å². The summed E-state index contributed by atoms with van der Waals surface area (Å²) in [6.45, 7) is 3.64. The Morgan fingerprint density at radius 3 is 2.43 bits per heavy atom. The van der Waals surface area contributed by atoms with Crippen molar-refractivity contribution in [2.45, 2.75) is 37.5 Å². The van der Waals surface area contributed by atoms with Crippen molar-refractivity contribution in [1.29, 1.82) is 0 Å². The summed E-state index contributed by atoms with van der Waals surface area (Å²) in [4.78, 5) is 34.0. The predicted molar refractivity (Wildman–Crippen MR) is 109 cm³/mol. The average Bonchev–Trinajstić information content (AvgIpc) is 2.91. The van der Waals surface area contributed by atoms with Crippen LogP contribution in [0.25, 0.3) is 11.1 Å². The molecule has 7 heteroatoms. The van der Waals surface area contributed by atoms with E-state index in [-0.39, 0.29) is 16.4 Å². The second-order valence-corrected chi connectivity index (χ2v) is 8.52. The van der Waals surface area contributed by atoms with E-state index < -0.39 is 11.7 Å². The SMILES string of the molecule is CC(C)(Cc1cccc(-c2ccc(CC3SC(=O)NC3=O)cc2)c1)OC(N)=O. The monoisotopic (exact) mass is 398 g/mol. The number of benzene rings is 2. The van der Waals surface area contributed by atoms with Gasteiger partial charge < -0.3 is 10.5 Å². The van der Waals surface area contributed by atoms with Crippen LogP contribution in [0, 0.1) is 0 Å². The molecule has 1 aliphatic heterocycles. The molecule has 1 saturated heterocycles. The largest absolute Gasteiger partial charge is 0.443 e. The Labute approximate surface area is 167 Å². The van der Waals surface area contributed by atoms with Crippen LogP contribution in [0.1, 0.15) is 25.0 Å². The highest BCUT2D eigenvalue weighted by atomic mass is 32.2. The molecule has 2 aromatic carbocycles. The number of hydrogen-bond acceptors (Lipinski definition) is 5. The van der Waals surface area contributed by atoms with Crippen molar-refractivity contribution in [2.75, 3.05) is 0 Å². The molecule has 3 N–H and O–H groups in total. The van der Waals surface area contributed by atoms with Gasteiger partial charge in [0.2, 0.25) is 5.91 Å². The van der Waals surface area contributed by atoms with Gasteiger partial charge in [-0.05, 0) is 42.5 Å². The van der Waals surface area contributed by atoms with E-state index in [9.17, 15) is 14.4 Å². The molecule has 0 saturated carbocycles. The van der Waals surface area contributed by atoms with Crippen LogP contribution < -0.4 is 11.1 Å². The Hall–Kier alpha value is -2.80.